The van der Waals surface area contributed by atoms with E-state index >= 15 is 0 Å². The lowest BCUT2D eigenvalue weighted by Gasteiger charge is -1.94. The Labute approximate surface area is 63.5 Å². The highest BCUT2D eigenvalue weighted by atomic mass is 15.3. The molecule has 0 saturated carbocycles. The summed E-state index contributed by atoms with van der Waals surface area (Å²) in [6.07, 6.45) is 5.77. The average Bonchev–Trinajstić information content (AvgIpc) is 2.58. The quantitative estimate of drug-likeness (QED) is 0.585. The summed E-state index contributed by atoms with van der Waals surface area (Å²) in [5.41, 5.74) is 0. The van der Waals surface area contributed by atoms with Crippen LogP contribution >= 0.6 is 0 Å². The first-order valence-corrected chi connectivity index (χ1v) is 3.15. The van der Waals surface area contributed by atoms with Gasteiger partial charge in [-0.05, 0) is 12.1 Å². The monoisotopic (exact) mass is 145 g/mol. The molecule has 0 spiro atoms. The first kappa shape index (κ1) is 6.03. The van der Waals surface area contributed by atoms with E-state index in [-0.39, 0.29) is 0 Å². The van der Waals surface area contributed by atoms with Crippen molar-refractivity contribution in [2.24, 2.45) is 0 Å². The fourth-order valence-corrected chi connectivity index (χ4v) is 0.772. The molecule has 0 fully saturated rings. The molecule has 4 heteroatoms. The van der Waals surface area contributed by atoms with Gasteiger partial charge in [-0.2, -0.15) is 5.10 Å². The largest absolute Gasteiger partial charge is 0.227 e. The minimum atomic E-state index is 0.727. The van der Waals surface area contributed by atoms with E-state index in [0.717, 1.165) is 5.82 Å². The van der Waals surface area contributed by atoms with Gasteiger partial charge in [-0.1, -0.05) is 6.07 Å². The molecule has 0 saturated heterocycles. The molecule has 53 valence electrons. The number of hydrogen-bond donors (Lipinski definition) is 0. The topological polar surface area (TPSA) is 43.6 Å². The van der Waals surface area contributed by atoms with Crippen LogP contribution in [0.4, 0.5) is 0 Å². The predicted molar refractivity (Wildman–Crippen MR) is 38.0 cm³/mol. The molecule has 0 amide bonds. The molecule has 0 bridgehead atoms. The second-order valence-corrected chi connectivity index (χ2v) is 1.96. The van der Waals surface area contributed by atoms with Crippen LogP contribution in [-0.4, -0.2) is 19.7 Å². The summed E-state index contributed by atoms with van der Waals surface area (Å²) >= 11 is 0. The minimum absolute atomic E-state index is 0.727. The second-order valence-electron chi connectivity index (χ2n) is 1.96. The Kier molecular flexibility index (Phi) is 1.37. The molecule has 2 heterocycles. The van der Waals surface area contributed by atoms with Crippen LogP contribution in [0.15, 0.2) is 30.9 Å². The van der Waals surface area contributed by atoms with E-state index < -0.39 is 0 Å². The molecule has 2 aromatic rings. The molecule has 0 aliphatic rings. The van der Waals surface area contributed by atoms with Gasteiger partial charge in [0.2, 0.25) is 0 Å². The van der Waals surface area contributed by atoms with E-state index in [2.05, 4.69) is 21.3 Å². The van der Waals surface area contributed by atoms with Gasteiger partial charge in [0, 0.05) is 0 Å². The first-order valence-electron chi connectivity index (χ1n) is 3.15. The van der Waals surface area contributed by atoms with Gasteiger partial charge < -0.3 is 0 Å². The first-order chi connectivity index (χ1) is 5.47. The maximum absolute atomic E-state index is 3.96. The number of pyridine rings is 1. The number of rotatable bonds is 1. The number of aromatic nitrogens is 4. The Morgan fingerprint density at radius 3 is 3.09 bits per heavy atom. The standard InChI is InChI=1S/C7H5N4/c1-2-4-9-7(3-1)11-6-8-5-10-11/h1-3,5-6H. The van der Waals surface area contributed by atoms with Crippen LogP contribution in [0.3, 0.4) is 0 Å². The van der Waals surface area contributed by atoms with Crippen molar-refractivity contribution in [3.63, 3.8) is 0 Å². The summed E-state index contributed by atoms with van der Waals surface area (Å²) < 4.78 is 1.58. The van der Waals surface area contributed by atoms with Crippen LogP contribution in [0.2, 0.25) is 0 Å². The van der Waals surface area contributed by atoms with Crippen LogP contribution in [0.5, 0.6) is 0 Å². The van der Waals surface area contributed by atoms with Crippen molar-refractivity contribution < 1.29 is 0 Å². The molecule has 2 aromatic heterocycles. The zero-order valence-electron chi connectivity index (χ0n) is 5.68. The maximum atomic E-state index is 3.96. The highest BCUT2D eigenvalue weighted by molar-refractivity contribution is 5.17. The van der Waals surface area contributed by atoms with E-state index in [1.54, 1.807) is 17.1 Å². The van der Waals surface area contributed by atoms with Crippen molar-refractivity contribution in [1.82, 2.24) is 19.7 Å². The molecule has 2 rings (SSSR count). The molecule has 4 nitrogen and oxygen atoms in total. The van der Waals surface area contributed by atoms with Crippen LogP contribution < -0.4 is 0 Å². The van der Waals surface area contributed by atoms with Gasteiger partial charge in [-0.3, -0.25) is 0 Å². The second kappa shape index (κ2) is 2.49. The molecule has 11 heavy (non-hydrogen) atoms. The van der Waals surface area contributed by atoms with Crippen molar-refractivity contribution in [1.29, 1.82) is 0 Å². The van der Waals surface area contributed by atoms with Gasteiger partial charge in [-0.25, -0.2) is 14.6 Å². The summed E-state index contributed by atoms with van der Waals surface area (Å²) in [7, 11) is 0. The SMILES string of the molecule is [c]1cccc(-n2cncn2)n1. The molecule has 1 radical (unpaired) electrons. The van der Waals surface area contributed by atoms with Gasteiger partial charge in [0.15, 0.2) is 5.82 Å². The molecular weight excluding hydrogens is 140 g/mol. The van der Waals surface area contributed by atoms with Crippen LogP contribution in [0.25, 0.3) is 5.82 Å². The zero-order chi connectivity index (χ0) is 7.52. The van der Waals surface area contributed by atoms with E-state index in [1.807, 2.05) is 12.1 Å². The molecule has 0 aliphatic carbocycles. The van der Waals surface area contributed by atoms with Crippen molar-refractivity contribution >= 4 is 0 Å². The van der Waals surface area contributed by atoms with E-state index in [9.17, 15) is 0 Å². The lowest BCUT2D eigenvalue weighted by atomic mass is 10.5. The molecule has 0 N–H and O–H groups in total. The normalized spacial score (nSPS) is 9.82. The maximum Gasteiger partial charge on any atom is 0.155 e. The van der Waals surface area contributed by atoms with E-state index in [4.69, 9.17) is 0 Å². The lowest BCUT2D eigenvalue weighted by molar-refractivity contribution is 0.844. The highest BCUT2D eigenvalue weighted by Crippen LogP contribution is 1.96. The van der Waals surface area contributed by atoms with Gasteiger partial charge in [0.1, 0.15) is 12.7 Å². The Balaban J connectivity index is 2.46. The van der Waals surface area contributed by atoms with Crippen molar-refractivity contribution in [3.8, 4) is 5.82 Å². The number of hydrogen-bond acceptors (Lipinski definition) is 3. The molecular formula is C7H5N4. The summed E-state index contributed by atoms with van der Waals surface area (Å²) in [5.74, 6) is 0.727. The summed E-state index contributed by atoms with van der Waals surface area (Å²) in [6.45, 7) is 0. The third kappa shape index (κ3) is 1.10. The summed E-state index contributed by atoms with van der Waals surface area (Å²) in [4.78, 5) is 7.75. The van der Waals surface area contributed by atoms with Crippen LogP contribution in [0, 0.1) is 6.20 Å². The van der Waals surface area contributed by atoms with Crippen molar-refractivity contribution in [2.75, 3.05) is 0 Å². The lowest BCUT2D eigenvalue weighted by Crippen LogP contribution is -1.96. The minimum Gasteiger partial charge on any atom is -0.227 e. The smallest absolute Gasteiger partial charge is 0.155 e. The summed E-state index contributed by atoms with van der Waals surface area (Å²) in [5, 5.41) is 3.91. The molecule has 0 aliphatic heterocycles. The Hall–Kier alpha value is -1.71. The molecule has 0 unspecified atom stereocenters. The van der Waals surface area contributed by atoms with Crippen molar-refractivity contribution in [3.05, 3.63) is 37.1 Å². The number of nitrogens with zero attached hydrogens (tertiary/aromatic N) is 4. The van der Waals surface area contributed by atoms with Gasteiger partial charge in [0.25, 0.3) is 0 Å². The average molecular weight is 145 g/mol. The highest BCUT2D eigenvalue weighted by Gasteiger charge is 1.93. The fraction of sp³-hybridized carbons (Fsp3) is 0. The zero-order valence-corrected chi connectivity index (χ0v) is 5.68. The molecule has 0 aromatic carbocycles. The van der Waals surface area contributed by atoms with Crippen LogP contribution in [0.1, 0.15) is 0 Å². The van der Waals surface area contributed by atoms with Gasteiger partial charge in [0.05, 0.1) is 6.20 Å². The Morgan fingerprint density at radius 1 is 1.45 bits per heavy atom. The fourth-order valence-electron chi connectivity index (χ4n) is 0.772. The Bertz CT molecular complexity index is 313. The third-order valence-electron chi connectivity index (χ3n) is 1.25. The van der Waals surface area contributed by atoms with Crippen LogP contribution in [-0.2, 0) is 0 Å². The third-order valence-corrected chi connectivity index (χ3v) is 1.25. The van der Waals surface area contributed by atoms with Gasteiger partial charge >= 0.3 is 0 Å². The summed E-state index contributed by atoms with van der Waals surface area (Å²) in [6, 6.07) is 5.43. The van der Waals surface area contributed by atoms with Gasteiger partial charge in [-0.15, -0.1) is 0 Å². The molecule has 0 atom stereocenters. The predicted octanol–water partition coefficient (Wildman–Crippen LogP) is 0.462. The van der Waals surface area contributed by atoms with E-state index in [1.165, 1.54) is 6.33 Å². The van der Waals surface area contributed by atoms with Crippen molar-refractivity contribution in [2.45, 2.75) is 0 Å². The Morgan fingerprint density at radius 2 is 2.45 bits per heavy atom. The van der Waals surface area contributed by atoms with E-state index in [0.29, 0.717) is 0 Å².